The molecule has 92 valence electrons. The molecule has 1 atom stereocenters. The third kappa shape index (κ3) is 2.96. The van der Waals surface area contributed by atoms with E-state index in [2.05, 4.69) is 22.2 Å². The predicted molar refractivity (Wildman–Crippen MR) is 66.7 cm³/mol. The minimum atomic E-state index is 0.790. The summed E-state index contributed by atoms with van der Waals surface area (Å²) in [5, 5.41) is 3.75. The van der Waals surface area contributed by atoms with Crippen molar-refractivity contribution in [3.63, 3.8) is 0 Å². The fraction of sp³-hybridized carbons (Fsp3) is 1.00. The summed E-state index contributed by atoms with van der Waals surface area (Å²) < 4.78 is 0. The summed E-state index contributed by atoms with van der Waals surface area (Å²) in [6, 6.07) is 2.58. The number of hydrogen-bond donors (Lipinski definition) is 1. The van der Waals surface area contributed by atoms with Crippen LogP contribution in [0.1, 0.15) is 32.1 Å². The van der Waals surface area contributed by atoms with Crippen molar-refractivity contribution < 1.29 is 0 Å². The molecule has 0 aromatic heterocycles. The van der Waals surface area contributed by atoms with Crippen molar-refractivity contribution in [2.24, 2.45) is 0 Å². The van der Waals surface area contributed by atoms with Crippen molar-refractivity contribution in [1.82, 2.24) is 15.1 Å². The predicted octanol–water partition coefficient (Wildman–Crippen LogP) is 0.907. The zero-order chi connectivity index (χ0) is 11.0. The lowest BCUT2D eigenvalue weighted by atomic mass is 10.2. The molecule has 1 heterocycles. The van der Waals surface area contributed by atoms with Crippen LogP contribution in [0.25, 0.3) is 0 Å². The monoisotopic (exact) mass is 223 g/mol. The van der Waals surface area contributed by atoms with Crippen LogP contribution in [0, 0.1) is 0 Å². The number of rotatable bonds is 6. The molecule has 2 aliphatic carbocycles. The molecule has 0 spiro atoms. The first-order valence-corrected chi connectivity index (χ1v) is 7.00. The molecule has 3 fully saturated rings. The van der Waals surface area contributed by atoms with E-state index < -0.39 is 0 Å². The smallest absolute Gasteiger partial charge is 0.0209 e. The number of nitrogens with zero attached hydrogens (tertiary/aromatic N) is 2. The molecule has 1 aliphatic heterocycles. The lowest BCUT2D eigenvalue weighted by molar-refractivity contribution is 0.247. The zero-order valence-electron chi connectivity index (χ0n) is 10.5. The highest BCUT2D eigenvalue weighted by Gasteiger charge is 2.30. The number of likely N-dealkylation sites (tertiary alicyclic amines) is 1. The average Bonchev–Trinajstić information content (AvgIpc) is 3.15. The molecule has 2 saturated carbocycles. The van der Waals surface area contributed by atoms with Crippen molar-refractivity contribution >= 4 is 0 Å². The fourth-order valence-corrected chi connectivity index (χ4v) is 2.75. The molecule has 0 amide bonds. The van der Waals surface area contributed by atoms with Crippen LogP contribution < -0.4 is 5.32 Å². The van der Waals surface area contributed by atoms with Gasteiger partial charge in [0, 0.05) is 37.8 Å². The molecule has 0 radical (unpaired) electrons. The summed E-state index contributed by atoms with van der Waals surface area (Å²) in [5.41, 5.74) is 0. The first-order valence-electron chi connectivity index (χ1n) is 7.00. The standard InChI is InChI=1S/C13H25N3/c1-15(13-4-5-13)8-9-16-7-6-12(10-16)14-11-2-3-11/h11-14H,2-10H2,1H3. The zero-order valence-corrected chi connectivity index (χ0v) is 10.5. The van der Waals surface area contributed by atoms with Gasteiger partial charge in [0.05, 0.1) is 0 Å². The van der Waals surface area contributed by atoms with Crippen LogP contribution in [-0.4, -0.2) is 61.2 Å². The summed E-state index contributed by atoms with van der Waals surface area (Å²) in [4.78, 5) is 5.18. The number of hydrogen-bond acceptors (Lipinski definition) is 3. The molecule has 0 bridgehead atoms. The van der Waals surface area contributed by atoms with Crippen LogP contribution in [0.4, 0.5) is 0 Å². The molecule has 0 aromatic rings. The molecule has 1 unspecified atom stereocenters. The Morgan fingerprint density at radius 3 is 2.62 bits per heavy atom. The second-order valence-electron chi connectivity index (χ2n) is 5.94. The molecule has 3 nitrogen and oxygen atoms in total. The van der Waals surface area contributed by atoms with Crippen LogP contribution in [-0.2, 0) is 0 Å². The third-order valence-corrected chi connectivity index (χ3v) is 4.26. The van der Waals surface area contributed by atoms with Gasteiger partial charge >= 0.3 is 0 Å². The Morgan fingerprint density at radius 1 is 1.12 bits per heavy atom. The highest BCUT2D eigenvalue weighted by atomic mass is 15.2. The molecule has 3 heteroatoms. The minimum absolute atomic E-state index is 0.790. The van der Waals surface area contributed by atoms with E-state index in [0.29, 0.717) is 0 Å². The van der Waals surface area contributed by atoms with Gasteiger partial charge in [0.15, 0.2) is 0 Å². The number of likely N-dealkylation sites (N-methyl/N-ethyl adjacent to an activating group) is 1. The summed E-state index contributed by atoms with van der Waals surface area (Å²) in [7, 11) is 2.29. The highest BCUT2D eigenvalue weighted by molar-refractivity contribution is 4.90. The molecular weight excluding hydrogens is 198 g/mol. The van der Waals surface area contributed by atoms with E-state index in [4.69, 9.17) is 0 Å². The lowest BCUT2D eigenvalue weighted by Gasteiger charge is -2.21. The van der Waals surface area contributed by atoms with Crippen molar-refractivity contribution in [2.75, 3.05) is 33.2 Å². The van der Waals surface area contributed by atoms with Crippen molar-refractivity contribution in [2.45, 2.75) is 50.2 Å². The summed E-state index contributed by atoms with van der Waals surface area (Å²) in [6.07, 6.45) is 7.07. The average molecular weight is 223 g/mol. The van der Waals surface area contributed by atoms with E-state index in [-0.39, 0.29) is 0 Å². The SMILES string of the molecule is CN(CCN1CCC(NC2CC2)C1)C1CC1. The molecule has 1 N–H and O–H groups in total. The van der Waals surface area contributed by atoms with E-state index >= 15 is 0 Å². The molecule has 1 saturated heterocycles. The lowest BCUT2D eigenvalue weighted by Crippen LogP contribution is -2.37. The molecular formula is C13H25N3. The quantitative estimate of drug-likeness (QED) is 0.722. The van der Waals surface area contributed by atoms with Gasteiger partial charge in [-0.3, -0.25) is 0 Å². The number of nitrogens with one attached hydrogen (secondary N) is 1. The van der Waals surface area contributed by atoms with E-state index in [9.17, 15) is 0 Å². The Hall–Kier alpha value is -0.120. The molecule has 3 rings (SSSR count). The van der Waals surface area contributed by atoms with E-state index in [1.807, 2.05) is 0 Å². The Kier molecular flexibility index (Phi) is 3.18. The van der Waals surface area contributed by atoms with Crippen LogP contribution in [0.15, 0.2) is 0 Å². The van der Waals surface area contributed by atoms with E-state index in [1.54, 1.807) is 0 Å². The topological polar surface area (TPSA) is 18.5 Å². The van der Waals surface area contributed by atoms with E-state index in [1.165, 1.54) is 58.3 Å². The molecule has 3 aliphatic rings. The van der Waals surface area contributed by atoms with Gasteiger partial charge in [-0.05, 0) is 45.7 Å². The maximum atomic E-state index is 3.75. The highest BCUT2D eigenvalue weighted by Crippen LogP contribution is 2.25. The van der Waals surface area contributed by atoms with Gasteiger partial charge in [-0.1, -0.05) is 0 Å². The molecule has 16 heavy (non-hydrogen) atoms. The van der Waals surface area contributed by atoms with Crippen molar-refractivity contribution in [3.05, 3.63) is 0 Å². The Balaban J connectivity index is 1.33. The minimum Gasteiger partial charge on any atom is -0.310 e. The van der Waals surface area contributed by atoms with E-state index in [0.717, 1.165) is 18.1 Å². The Morgan fingerprint density at radius 2 is 1.94 bits per heavy atom. The van der Waals surface area contributed by atoms with Crippen molar-refractivity contribution in [3.8, 4) is 0 Å². The third-order valence-electron chi connectivity index (χ3n) is 4.26. The maximum absolute atomic E-state index is 3.75. The van der Waals surface area contributed by atoms with Crippen LogP contribution in [0.3, 0.4) is 0 Å². The summed E-state index contributed by atoms with van der Waals surface area (Å²) in [5.74, 6) is 0. The van der Waals surface area contributed by atoms with Crippen LogP contribution in [0.2, 0.25) is 0 Å². The van der Waals surface area contributed by atoms with Gasteiger partial charge in [-0.15, -0.1) is 0 Å². The van der Waals surface area contributed by atoms with Crippen LogP contribution in [0.5, 0.6) is 0 Å². The van der Waals surface area contributed by atoms with Gasteiger partial charge in [-0.2, -0.15) is 0 Å². The van der Waals surface area contributed by atoms with Crippen molar-refractivity contribution in [1.29, 1.82) is 0 Å². The Labute approximate surface area is 99.2 Å². The van der Waals surface area contributed by atoms with Gasteiger partial charge in [0.1, 0.15) is 0 Å². The maximum Gasteiger partial charge on any atom is 0.0209 e. The van der Waals surface area contributed by atoms with Gasteiger partial charge in [0.2, 0.25) is 0 Å². The first kappa shape index (κ1) is 11.0. The Bertz CT molecular complexity index is 235. The van der Waals surface area contributed by atoms with Gasteiger partial charge < -0.3 is 15.1 Å². The summed E-state index contributed by atoms with van der Waals surface area (Å²) in [6.45, 7) is 5.13. The fourth-order valence-electron chi connectivity index (χ4n) is 2.75. The summed E-state index contributed by atoms with van der Waals surface area (Å²) >= 11 is 0. The van der Waals surface area contributed by atoms with Crippen LogP contribution >= 0.6 is 0 Å². The largest absolute Gasteiger partial charge is 0.310 e. The normalized spacial score (nSPS) is 31.5. The van der Waals surface area contributed by atoms with Gasteiger partial charge in [-0.25, -0.2) is 0 Å². The van der Waals surface area contributed by atoms with Gasteiger partial charge in [0.25, 0.3) is 0 Å². The second-order valence-corrected chi connectivity index (χ2v) is 5.94. The second kappa shape index (κ2) is 4.63. The molecule has 0 aromatic carbocycles. The first-order chi connectivity index (χ1) is 7.81.